The van der Waals surface area contributed by atoms with Crippen LogP contribution in [0.25, 0.3) is 11.1 Å². The average molecular weight is 275 g/mol. The van der Waals surface area contributed by atoms with Crippen LogP contribution in [-0.4, -0.2) is 12.5 Å². The number of halogens is 1. The van der Waals surface area contributed by atoms with Crippen LogP contribution in [-0.2, 0) is 0 Å². The zero-order chi connectivity index (χ0) is 13.5. The lowest BCUT2D eigenvalue weighted by Crippen LogP contribution is -1.97. The monoisotopic (exact) mass is 274 g/mol. The summed E-state index contributed by atoms with van der Waals surface area (Å²) in [4.78, 5) is 0. The second-order valence-electron chi connectivity index (χ2n) is 4.59. The zero-order valence-electron chi connectivity index (χ0n) is 11.2. The van der Waals surface area contributed by atoms with Crippen LogP contribution in [0.1, 0.15) is 18.4 Å². The Bertz CT molecular complexity index is 522. The average Bonchev–Trinajstić information content (AvgIpc) is 2.44. The molecule has 0 aliphatic heterocycles. The minimum absolute atomic E-state index is 0.701. The molecule has 2 aromatic rings. The Balaban J connectivity index is 2.09. The topological polar surface area (TPSA) is 9.23 Å². The molecule has 0 radical (unpaired) electrons. The summed E-state index contributed by atoms with van der Waals surface area (Å²) in [6, 6.07) is 16.7. The van der Waals surface area contributed by atoms with Gasteiger partial charge in [-0.15, -0.1) is 11.6 Å². The van der Waals surface area contributed by atoms with Gasteiger partial charge in [0.05, 0.1) is 6.61 Å². The highest BCUT2D eigenvalue weighted by molar-refractivity contribution is 6.17. The molecule has 0 amide bonds. The maximum atomic E-state index is 5.75. The van der Waals surface area contributed by atoms with E-state index in [1.54, 1.807) is 0 Å². The lowest BCUT2D eigenvalue weighted by molar-refractivity contribution is 0.310. The number of aryl methyl sites for hydroxylation is 1. The zero-order valence-corrected chi connectivity index (χ0v) is 12.0. The van der Waals surface area contributed by atoms with Crippen LogP contribution in [0.5, 0.6) is 5.75 Å². The van der Waals surface area contributed by atoms with E-state index in [2.05, 4.69) is 43.3 Å². The Kier molecular flexibility index (Phi) is 5.29. The van der Waals surface area contributed by atoms with Gasteiger partial charge in [0.25, 0.3) is 0 Å². The third kappa shape index (κ3) is 4.00. The lowest BCUT2D eigenvalue weighted by Gasteiger charge is -2.09. The Labute approximate surface area is 120 Å². The first-order valence-electron chi connectivity index (χ1n) is 6.66. The van der Waals surface area contributed by atoms with Crippen LogP contribution in [0.3, 0.4) is 0 Å². The summed E-state index contributed by atoms with van der Waals surface area (Å²) in [5.41, 5.74) is 3.74. The van der Waals surface area contributed by atoms with Gasteiger partial charge in [-0.05, 0) is 48.6 Å². The van der Waals surface area contributed by atoms with Crippen molar-refractivity contribution in [2.75, 3.05) is 12.5 Å². The van der Waals surface area contributed by atoms with E-state index in [1.165, 1.54) is 16.7 Å². The van der Waals surface area contributed by atoms with E-state index >= 15 is 0 Å². The van der Waals surface area contributed by atoms with E-state index in [0.29, 0.717) is 5.88 Å². The van der Waals surface area contributed by atoms with Crippen LogP contribution in [0.2, 0.25) is 0 Å². The number of benzene rings is 2. The third-order valence-corrected chi connectivity index (χ3v) is 3.35. The van der Waals surface area contributed by atoms with Crippen LogP contribution < -0.4 is 4.74 Å². The van der Waals surface area contributed by atoms with E-state index in [0.717, 1.165) is 25.2 Å². The molecule has 0 bridgehead atoms. The van der Waals surface area contributed by atoms with Gasteiger partial charge in [0.1, 0.15) is 5.75 Å². The van der Waals surface area contributed by atoms with E-state index < -0.39 is 0 Å². The van der Waals surface area contributed by atoms with E-state index in [1.807, 2.05) is 12.1 Å². The molecule has 0 heterocycles. The summed E-state index contributed by atoms with van der Waals surface area (Å²) in [6.07, 6.45) is 2.00. The quantitative estimate of drug-likeness (QED) is 0.528. The SMILES string of the molecule is Cc1ccccc1-c1cccc(OCCCCCl)c1. The third-order valence-electron chi connectivity index (χ3n) is 3.09. The second kappa shape index (κ2) is 7.20. The summed E-state index contributed by atoms with van der Waals surface area (Å²) >= 11 is 5.65. The molecule has 0 aromatic heterocycles. The second-order valence-corrected chi connectivity index (χ2v) is 4.97. The number of hydrogen-bond donors (Lipinski definition) is 0. The predicted octanol–water partition coefficient (Wildman–Crippen LogP) is 5.06. The van der Waals surface area contributed by atoms with E-state index in [-0.39, 0.29) is 0 Å². The Morgan fingerprint density at radius 2 is 1.84 bits per heavy atom. The van der Waals surface area contributed by atoms with Crippen molar-refractivity contribution in [2.24, 2.45) is 0 Å². The Hall–Kier alpha value is -1.47. The lowest BCUT2D eigenvalue weighted by atomic mass is 10.0. The van der Waals surface area contributed by atoms with Crippen molar-refractivity contribution in [3.05, 3.63) is 54.1 Å². The predicted molar refractivity (Wildman–Crippen MR) is 82.1 cm³/mol. The molecule has 1 nitrogen and oxygen atoms in total. The van der Waals surface area contributed by atoms with Crippen LogP contribution >= 0.6 is 11.6 Å². The van der Waals surface area contributed by atoms with Crippen molar-refractivity contribution >= 4 is 11.6 Å². The Morgan fingerprint density at radius 1 is 1.00 bits per heavy atom. The summed E-state index contributed by atoms with van der Waals surface area (Å²) in [5, 5.41) is 0. The van der Waals surface area contributed by atoms with Gasteiger partial charge in [-0.25, -0.2) is 0 Å². The van der Waals surface area contributed by atoms with Crippen molar-refractivity contribution in [3.8, 4) is 16.9 Å². The molecule has 2 rings (SSSR count). The first kappa shape index (κ1) is 14.0. The van der Waals surface area contributed by atoms with Crippen molar-refractivity contribution in [3.63, 3.8) is 0 Å². The van der Waals surface area contributed by atoms with E-state index in [9.17, 15) is 0 Å². The molecule has 0 fully saturated rings. The molecule has 0 N–H and O–H groups in total. The molecule has 2 heteroatoms. The molecule has 0 aliphatic carbocycles. The Morgan fingerprint density at radius 3 is 2.63 bits per heavy atom. The summed E-state index contributed by atoms with van der Waals surface area (Å²) in [6.45, 7) is 2.85. The van der Waals surface area contributed by atoms with Crippen molar-refractivity contribution in [2.45, 2.75) is 19.8 Å². The number of alkyl halides is 1. The smallest absolute Gasteiger partial charge is 0.119 e. The van der Waals surface area contributed by atoms with Crippen LogP contribution in [0.4, 0.5) is 0 Å². The highest BCUT2D eigenvalue weighted by Gasteiger charge is 2.02. The maximum Gasteiger partial charge on any atom is 0.119 e. The summed E-state index contributed by atoms with van der Waals surface area (Å²) in [5.74, 6) is 1.63. The van der Waals surface area contributed by atoms with Gasteiger partial charge in [0.15, 0.2) is 0 Å². The largest absolute Gasteiger partial charge is 0.494 e. The molecule has 0 saturated carbocycles. The minimum atomic E-state index is 0.701. The van der Waals surface area contributed by atoms with Gasteiger partial charge in [-0.3, -0.25) is 0 Å². The van der Waals surface area contributed by atoms with Gasteiger partial charge in [0, 0.05) is 5.88 Å². The van der Waals surface area contributed by atoms with Gasteiger partial charge in [0.2, 0.25) is 0 Å². The van der Waals surface area contributed by atoms with E-state index in [4.69, 9.17) is 16.3 Å². The molecular formula is C17H19ClO. The normalized spacial score (nSPS) is 10.4. The molecular weight excluding hydrogens is 256 g/mol. The molecule has 0 aliphatic rings. The van der Waals surface area contributed by atoms with Crippen molar-refractivity contribution in [1.29, 1.82) is 0 Å². The molecule has 0 atom stereocenters. The highest BCUT2D eigenvalue weighted by atomic mass is 35.5. The van der Waals surface area contributed by atoms with Gasteiger partial charge in [-0.1, -0.05) is 36.4 Å². The molecule has 2 aromatic carbocycles. The summed E-state index contributed by atoms with van der Waals surface area (Å²) < 4.78 is 5.75. The highest BCUT2D eigenvalue weighted by Crippen LogP contribution is 2.26. The molecule has 0 saturated heterocycles. The number of unbranched alkanes of at least 4 members (excludes halogenated alkanes) is 1. The fourth-order valence-electron chi connectivity index (χ4n) is 2.04. The molecule has 19 heavy (non-hydrogen) atoms. The maximum absolute atomic E-state index is 5.75. The number of ether oxygens (including phenoxy) is 1. The first-order valence-corrected chi connectivity index (χ1v) is 7.19. The molecule has 0 unspecified atom stereocenters. The molecule has 0 spiro atoms. The van der Waals surface area contributed by atoms with Crippen molar-refractivity contribution < 1.29 is 4.74 Å². The number of hydrogen-bond acceptors (Lipinski definition) is 1. The first-order chi connectivity index (χ1) is 9.31. The standard InChI is InChI=1S/C17H19ClO/c1-14-7-2-3-10-17(14)15-8-6-9-16(13-15)19-12-5-4-11-18/h2-3,6-10,13H,4-5,11-12H2,1H3. The van der Waals surface area contributed by atoms with Crippen molar-refractivity contribution in [1.82, 2.24) is 0 Å². The minimum Gasteiger partial charge on any atom is -0.494 e. The number of rotatable bonds is 6. The van der Waals surface area contributed by atoms with Gasteiger partial charge < -0.3 is 4.74 Å². The fourth-order valence-corrected chi connectivity index (χ4v) is 2.23. The van der Waals surface area contributed by atoms with Crippen LogP contribution in [0.15, 0.2) is 48.5 Å². The fraction of sp³-hybridized carbons (Fsp3) is 0.294. The van der Waals surface area contributed by atoms with Gasteiger partial charge >= 0.3 is 0 Å². The molecule has 100 valence electrons. The van der Waals surface area contributed by atoms with Gasteiger partial charge in [-0.2, -0.15) is 0 Å². The van der Waals surface area contributed by atoms with Crippen LogP contribution in [0, 0.1) is 6.92 Å². The summed E-state index contributed by atoms with van der Waals surface area (Å²) in [7, 11) is 0.